The fourth-order valence-corrected chi connectivity index (χ4v) is 1.95. The zero-order valence-corrected chi connectivity index (χ0v) is 10.8. The van der Waals surface area contributed by atoms with Crippen molar-refractivity contribution in [3.8, 4) is 5.75 Å². The van der Waals surface area contributed by atoms with Crippen LogP contribution < -0.4 is 15.2 Å². The summed E-state index contributed by atoms with van der Waals surface area (Å²) < 4.78 is 65.9. The summed E-state index contributed by atoms with van der Waals surface area (Å²) in [5.74, 6) is -0.0967. The second kappa shape index (κ2) is 5.66. The van der Waals surface area contributed by atoms with Crippen molar-refractivity contribution in [2.24, 2.45) is 0 Å². The molecule has 1 rings (SSSR count). The molecule has 1 aromatic carbocycles. The van der Waals surface area contributed by atoms with E-state index in [0.29, 0.717) is 0 Å². The van der Waals surface area contributed by atoms with E-state index in [1.54, 1.807) is 0 Å². The normalized spacial score (nSPS) is 12.4. The second-order valence-electron chi connectivity index (χ2n) is 3.62. The minimum Gasteiger partial charge on any atom is -0.491 e. The topological polar surface area (TPSA) is 81.4 Å². The van der Waals surface area contributed by atoms with Gasteiger partial charge in [0.1, 0.15) is 5.75 Å². The summed E-state index contributed by atoms with van der Waals surface area (Å²) in [6.07, 6.45) is -5.49. The molecule has 0 aromatic heterocycles. The van der Waals surface area contributed by atoms with Crippen molar-refractivity contribution in [1.29, 1.82) is 0 Å². The number of rotatable bonds is 5. The molecule has 0 aliphatic heterocycles. The first-order valence-electron chi connectivity index (χ1n) is 5.18. The van der Waals surface area contributed by atoms with E-state index in [-0.39, 0.29) is 16.3 Å². The molecule has 9 heteroatoms. The van der Waals surface area contributed by atoms with E-state index in [0.717, 1.165) is 6.07 Å². The summed E-state index contributed by atoms with van der Waals surface area (Å²) in [7, 11) is -2.48. The van der Waals surface area contributed by atoms with Crippen LogP contribution in [0.4, 0.5) is 18.9 Å². The number of anilines is 1. The molecule has 0 amide bonds. The van der Waals surface area contributed by atoms with Gasteiger partial charge < -0.3 is 10.5 Å². The third-order valence-corrected chi connectivity index (χ3v) is 3.62. The predicted octanol–water partition coefficient (Wildman–Crippen LogP) is 1.51. The molecule has 5 nitrogen and oxygen atoms in total. The van der Waals surface area contributed by atoms with Crippen molar-refractivity contribution in [1.82, 2.24) is 4.72 Å². The van der Waals surface area contributed by atoms with Crippen molar-refractivity contribution >= 4 is 15.7 Å². The van der Waals surface area contributed by atoms with E-state index >= 15 is 0 Å². The molecule has 108 valence electrons. The second-order valence-corrected chi connectivity index (χ2v) is 5.51. The molecule has 0 heterocycles. The highest BCUT2D eigenvalue weighted by molar-refractivity contribution is 7.89. The molecule has 0 saturated heterocycles. The number of halogens is 3. The van der Waals surface area contributed by atoms with E-state index in [2.05, 4.69) is 4.72 Å². The van der Waals surface area contributed by atoms with Gasteiger partial charge in [0.05, 0.1) is 23.6 Å². The molecule has 0 fully saturated rings. The number of hydrogen-bond acceptors (Lipinski definition) is 4. The monoisotopic (exact) mass is 298 g/mol. The number of nitrogens with two attached hydrogens (primary N) is 1. The molecule has 0 aliphatic carbocycles. The minimum absolute atomic E-state index is 0.0669. The molecule has 0 aliphatic rings. The molecule has 1 aromatic rings. The summed E-state index contributed by atoms with van der Waals surface area (Å²) in [4.78, 5) is -0.133. The number of sulfonamides is 1. The van der Waals surface area contributed by atoms with Gasteiger partial charge in [0.15, 0.2) is 0 Å². The van der Waals surface area contributed by atoms with E-state index in [9.17, 15) is 21.6 Å². The first-order chi connectivity index (χ1) is 8.65. The van der Waals surface area contributed by atoms with E-state index in [1.165, 1.54) is 19.2 Å². The molecule has 0 saturated carbocycles. The number of alkyl halides is 3. The Morgan fingerprint density at radius 1 is 1.37 bits per heavy atom. The molecule has 0 atom stereocenters. The van der Waals surface area contributed by atoms with Crippen molar-refractivity contribution in [3.05, 3.63) is 18.2 Å². The van der Waals surface area contributed by atoms with Gasteiger partial charge in [-0.3, -0.25) is 0 Å². The fourth-order valence-electron chi connectivity index (χ4n) is 1.20. The molecule has 0 bridgehead atoms. The first-order valence-corrected chi connectivity index (χ1v) is 6.66. The average Bonchev–Trinajstić information content (AvgIpc) is 2.29. The molecule has 0 unspecified atom stereocenters. The number of hydrogen-bond donors (Lipinski definition) is 2. The van der Waals surface area contributed by atoms with Gasteiger partial charge >= 0.3 is 6.18 Å². The van der Waals surface area contributed by atoms with Crippen LogP contribution in [-0.4, -0.2) is 28.2 Å². The standard InChI is InChI=1S/C10H13F3N2O3S/c1-15-19(16,17)7-2-3-8(14)9(6-7)18-5-4-10(11,12)13/h2-3,6,15H,4-5,14H2,1H3. The van der Waals surface area contributed by atoms with Gasteiger partial charge in [0.2, 0.25) is 10.0 Å². The lowest BCUT2D eigenvalue weighted by atomic mass is 10.3. The van der Waals surface area contributed by atoms with Gasteiger partial charge in [0.25, 0.3) is 0 Å². The molecule has 0 spiro atoms. The summed E-state index contributed by atoms with van der Waals surface area (Å²) in [6, 6.07) is 3.57. The maximum atomic E-state index is 12.0. The van der Waals surface area contributed by atoms with Gasteiger partial charge in [-0.05, 0) is 19.2 Å². The molecular weight excluding hydrogens is 285 g/mol. The Hall–Kier alpha value is -1.48. The lowest BCUT2D eigenvalue weighted by molar-refractivity contribution is -0.139. The Labute approximate surface area is 108 Å². The van der Waals surface area contributed by atoms with Crippen LogP contribution in [0.15, 0.2) is 23.1 Å². The molecule has 0 radical (unpaired) electrons. The van der Waals surface area contributed by atoms with Crippen LogP contribution in [0.5, 0.6) is 5.75 Å². The van der Waals surface area contributed by atoms with Crippen LogP contribution in [0.3, 0.4) is 0 Å². The molecule has 3 N–H and O–H groups in total. The van der Waals surface area contributed by atoms with Crippen LogP contribution in [0.25, 0.3) is 0 Å². The Morgan fingerprint density at radius 3 is 2.53 bits per heavy atom. The quantitative estimate of drug-likeness (QED) is 0.807. The summed E-state index contributed by atoms with van der Waals surface area (Å²) in [5, 5.41) is 0. The third kappa shape index (κ3) is 4.60. The van der Waals surface area contributed by atoms with Gasteiger partial charge in [0, 0.05) is 6.07 Å². The fraction of sp³-hybridized carbons (Fsp3) is 0.400. The first kappa shape index (κ1) is 15.6. The highest BCUT2D eigenvalue weighted by atomic mass is 32.2. The van der Waals surface area contributed by atoms with Crippen LogP contribution >= 0.6 is 0 Å². The molecular formula is C10H13F3N2O3S. The smallest absolute Gasteiger partial charge is 0.392 e. The lowest BCUT2D eigenvalue weighted by Crippen LogP contribution is -2.19. The SMILES string of the molecule is CNS(=O)(=O)c1ccc(N)c(OCCC(F)(F)F)c1. The van der Waals surface area contributed by atoms with Gasteiger partial charge in [-0.25, -0.2) is 13.1 Å². The number of nitrogen functional groups attached to an aromatic ring is 1. The van der Waals surface area contributed by atoms with Crippen molar-refractivity contribution in [2.45, 2.75) is 17.5 Å². The van der Waals surface area contributed by atoms with Crippen molar-refractivity contribution in [3.63, 3.8) is 0 Å². The lowest BCUT2D eigenvalue weighted by Gasteiger charge is -2.12. The Kier molecular flexibility index (Phi) is 4.64. The maximum absolute atomic E-state index is 12.0. The average molecular weight is 298 g/mol. The van der Waals surface area contributed by atoms with E-state index in [1.807, 2.05) is 0 Å². The van der Waals surface area contributed by atoms with Gasteiger partial charge in [-0.15, -0.1) is 0 Å². The number of benzene rings is 1. The van der Waals surface area contributed by atoms with Crippen LogP contribution in [0.2, 0.25) is 0 Å². The highest BCUT2D eigenvalue weighted by Gasteiger charge is 2.27. The Bertz CT molecular complexity index is 543. The largest absolute Gasteiger partial charge is 0.491 e. The van der Waals surface area contributed by atoms with Crippen LogP contribution in [-0.2, 0) is 10.0 Å². The van der Waals surface area contributed by atoms with Gasteiger partial charge in [-0.2, -0.15) is 13.2 Å². The van der Waals surface area contributed by atoms with Crippen LogP contribution in [0.1, 0.15) is 6.42 Å². The minimum atomic E-state index is -4.34. The number of ether oxygens (including phenoxy) is 1. The van der Waals surface area contributed by atoms with E-state index < -0.39 is 29.2 Å². The van der Waals surface area contributed by atoms with Crippen molar-refractivity contribution < 1.29 is 26.3 Å². The summed E-state index contributed by atoms with van der Waals surface area (Å²) in [6.45, 7) is -0.628. The third-order valence-electron chi connectivity index (χ3n) is 2.21. The zero-order valence-electron chi connectivity index (χ0n) is 9.99. The number of nitrogens with one attached hydrogen (secondary N) is 1. The zero-order chi connectivity index (χ0) is 14.7. The highest BCUT2D eigenvalue weighted by Crippen LogP contribution is 2.26. The summed E-state index contributed by atoms with van der Waals surface area (Å²) >= 11 is 0. The summed E-state index contributed by atoms with van der Waals surface area (Å²) in [5.41, 5.74) is 5.57. The van der Waals surface area contributed by atoms with Gasteiger partial charge in [-0.1, -0.05) is 0 Å². The Morgan fingerprint density at radius 2 is 2.00 bits per heavy atom. The van der Waals surface area contributed by atoms with Crippen LogP contribution in [0, 0.1) is 0 Å². The predicted molar refractivity (Wildman–Crippen MR) is 63.3 cm³/mol. The van der Waals surface area contributed by atoms with Crippen molar-refractivity contribution in [2.75, 3.05) is 19.4 Å². The molecule has 19 heavy (non-hydrogen) atoms. The van der Waals surface area contributed by atoms with E-state index in [4.69, 9.17) is 10.5 Å². The maximum Gasteiger partial charge on any atom is 0.392 e. The Balaban J connectivity index is 2.87.